The van der Waals surface area contributed by atoms with E-state index in [1.807, 2.05) is 18.7 Å². The van der Waals surface area contributed by atoms with Crippen molar-refractivity contribution < 1.29 is 9.90 Å². The number of fused-ring (bicyclic) bond motifs is 3. The normalized spacial score (nSPS) is 13.3. The molecule has 0 saturated carbocycles. The average Bonchev–Trinajstić information content (AvgIpc) is 2.80. The quantitative estimate of drug-likeness (QED) is 0.842. The lowest BCUT2D eigenvalue weighted by Gasteiger charge is -2.12. The minimum Gasteiger partial charge on any atom is -0.477 e. The number of hydrogen-bond donors (Lipinski definition) is 1. The monoisotopic (exact) mass is 248 g/mol. The molecule has 0 radical (unpaired) electrons. The molecule has 2 heterocycles. The molecule has 17 heavy (non-hydrogen) atoms. The second kappa shape index (κ2) is 3.43. The van der Waals surface area contributed by atoms with Gasteiger partial charge in [0.2, 0.25) is 0 Å². The number of thiophene rings is 1. The molecule has 2 aromatic rings. The summed E-state index contributed by atoms with van der Waals surface area (Å²) in [7, 11) is 1.95. The van der Waals surface area contributed by atoms with Crippen LogP contribution in [0.3, 0.4) is 0 Å². The van der Waals surface area contributed by atoms with Crippen LogP contribution < -0.4 is 0 Å². The minimum absolute atomic E-state index is 0.422. The van der Waals surface area contributed by atoms with Gasteiger partial charge in [-0.25, -0.2) is 4.79 Å². The third-order valence-corrected chi connectivity index (χ3v) is 4.40. The number of carboxylic acid groups (broad SMARTS) is 1. The van der Waals surface area contributed by atoms with Crippen molar-refractivity contribution in [1.82, 2.24) is 9.78 Å². The van der Waals surface area contributed by atoms with Gasteiger partial charge in [0.1, 0.15) is 4.88 Å². The van der Waals surface area contributed by atoms with Crippen molar-refractivity contribution in [3.63, 3.8) is 0 Å². The minimum atomic E-state index is -0.840. The van der Waals surface area contributed by atoms with Crippen LogP contribution in [0.5, 0.6) is 0 Å². The smallest absolute Gasteiger partial charge is 0.345 e. The Morgan fingerprint density at radius 3 is 3.00 bits per heavy atom. The molecule has 0 aliphatic heterocycles. The van der Waals surface area contributed by atoms with E-state index in [9.17, 15) is 4.79 Å². The fourth-order valence-electron chi connectivity index (χ4n) is 2.47. The van der Waals surface area contributed by atoms with Crippen molar-refractivity contribution in [3.05, 3.63) is 27.9 Å². The summed E-state index contributed by atoms with van der Waals surface area (Å²) in [6.45, 7) is 1.98. The summed E-state index contributed by atoms with van der Waals surface area (Å²) in [6.07, 6.45) is 1.85. The Kier molecular flexibility index (Phi) is 2.13. The molecule has 0 saturated heterocycles. The van der Waals surface area contributed by atoms with Crippen molar-refractivity contribution in [3.8, 4) is 10.4 Å². The Bertz CT molecular complexity index is 625. The molecule has 0 atom stereocenters. The molecule has 0 bridgehead atoms. The second-order valence-corrected chi connectivity index (χ2v) is 5.35. The van der Waals surface area contributed by atoms with Crippen LogP contribution in [0.1, 0.15) is 26.6 Å². The van der Waals surface area contributed by atoms with E-state index in [1.165, 1.54) is 17.0 Å². The lowest BCUT2D eigenvalue weighted by molar-refractivity contribution is 0.0702. The molecule has 5 heteroatoms. The van der Waals surface area contributed by atoms with Crippen LogP contribution in [0, 0.1) is 6.92 Å². The molecule has 1 aliphatic carbocycles. The standard InChI is InChI=1S/C12H12N2O2S/c1-6-10-8(14(2)13-6)4-3-7-5-9(12(15)16)17-11(7)10/h5H,3-4H2,1-2H3,(H,15,16). The Morgan fingerprint density at radius 2 is 2.29 bits per heavy atom. The fourth-order valence-corrected chi connectivity index (χ4v) is 3.64. The van der Waals surface area contributed by atoms with E-state index in [0.717, 1.165) is 34.5 Å². The predicted octanol–water partition coefficient (Wildman–Crippen LogP) is 2.25. The van der Waals surface area contributed by atoms with Crippen LogP contribution in [0.2, 0.25) is 0 Å². The first-order valence-electron chi connectivity index (χ1n) is 5.46. The van der Waals surface area contributed by atoms with Gasteiger partial charge in [0.05, 0.1) is 5.69 Å². The third-order valence-electron chi connectivity index (χ3n) is 3.22. The number of rotatable bonds is 1. The van der Waals surface area contributed by atoms with E-state index in [1.54, 1.807) is 6.07 Å². The molecule has 0 unspecified atom stereocenters. The predicted molar refractivity (Wildman–Crippen MR) is 65.6 cm³/mol. The van der Waals surface area contributed by atoms with Crippen molar-refractivity contribution in [1.29, 1.82) is 0 Å². The third kappa shape index (κ3) is 1.42. The van der Waals surface area contributed by atoms with Gasteiger partial charge in [-0.3, -0.25) is 4.68 Å². The maximum absolute atomic E-state index is 11.0. The SMILES string of the molecule is Cc1nn(C)c2c1-c1sc(C(=O)O)cc1CC2. The lowest BCUT2D eigenvalue weighted by atomic mass is 9.95. The summed E-state index contributed by atoms with van der Waals surface area (Å²) in [6, 6.07) is 1.80. The van der Waals surface area contributed by atoms with Gasteiger partial charge in [0, 0.05) is 23.2 Å². The number of aryl methyl sites for hydroxylation is 3. The molecule has 0 amide bonds. The lowest BCUT2D eigenvalue weighted by Crippen LogP contribution is -2.05. The number of nitrogens with zero attached hydrogens (tertiary/aromatic N) is 2. The maximum Gasteiger partial charge on any atom is 0.345 e. The number of aromatic carboxylic acids is 1. The maximum atomic E-state index is 11.0. The molecule has 0 spiro atoms. The number of carbonyl (C=O) groups is 1. The van der Waals surface area contributed by atoms with E-state index in [4.69, 9.17) is 5.11 Å². The van der Waals surface area contributed by atoms with Crippen LogP contribution in [0.15, 0.2) is 6.07 Å². The van der Waals surface area contributed by atoms with Gasteiger partial charge >= 0.3 is 5.97 Å². The molecule has 2 aromatic heterocycles. The highest BCUT2D eigenvalue weighted by Crippen LogP contribution is 2.41. The summed E-state index contributed by atoms with van der Waals surface area (Å²) in [5.41, 5.74) is 4.50. The van der Waals surface area contributed by atoms with E-state index in [-0.39, 0.29) is 0 Å². The molecule has 88 valence electrons. The highest BCUT2D eigenvalue weighted by atomic mass is 32.1. The van der Waals surface area contributed by atoms with Crippen molar-refractivity contribution >= 4 is 17.3 Å². The summed E-state index contributed by atoms with van der Waals surface area (Å²) >= 11 is 1.36. The highest BCUT2D eigenvalue weighted by Gasteiger charge is 2.25. The summed E-state index contributed by atoms with van der Waals surface area (Å²) < 4.78 is 1.91. The molecule has 1 aliphatic rings. The molecule has 0 aromatic carbocycles. The molecule has 3 rings (SSSR count). The van der Waals surface area contributed by atoms with E-state index >= 15 is 0 Å². The molecule has 4 nitrogen and oxygen atoms in total. The van der Waals surface area contributed by atoms with E-state index in [2.05, 4.69) is 5.10 Å². The zero-order valence-corrected chi connectivity index (χ0v) is 10.5. The summed E-state index contributed by atoms with van der Waals surface area (Å²) in [5.74, 6) is -0.840. The van der Waals surface area contributed by atoms with Crippen molar-refractivity contribution in [2.75, 3.05) is 0 Å². The van der Waals surface area contributed by atoms with Gasteiger partial charge in [-0.05, 0) is 31.4 Å². The van der Waals surface area contributed by atoms with Crippen LogP contribution in [-0.4, -0.2) is 20.9 Å². The van der Waals surface area contributed by atoms with Gasteiger partial charge in [0.25, 0.3) is 0 Å². The first-order chi connectivity index (χ1) is 8.08. The fraction of sp³-hybridized carbons (Fsp3) is 0.333. The number of hydrogen-bond acceptors (Lipinski definition) is 3. The molecular formula is C12H12N2O2S. The zero-order chi connectivity index (χ0) is 12.2. The molecule has 1 N–H and O–H groups in total. The van der Waals surface area contributed by atoms with Gasteiger partial charge in [-0.15, -0.1) is 11.3 Å². The first kappa shape index (κ1) is 10.5. The second-order valence-electron chi connectivity index (χ2n) is 4.30. The number of carboxylic acids is 1. The van der Waals surface area contributed by atoms with Crippen LogP contribution in [0.4, 0.5) is 0 Å². The van der Waals surface area contributed by atoms with Crippen LogP contribution >= 0.6 is 11.3 Å². The van der Waals surface area contributed by atoms with Crippen molar-refractivity contribution in [2.45, 2.75) is 19.8 Å². The summed E-state index contributed by atoms with van der Waals surface area (Å²) in [5, 5.41) is 13.5. The summed E-state index contributed by atoms with van der Waals surface area (Å²) in [4.78, 5) is 12.5. The van der Waals surface area contributed by atoms with Gasteiger partial charge < -0.3 is 5.11 Å². The highest BCUT2D eigenvalue weighted by molar-refractivity contribution is 7.17. The average molecular weight is 248 g/mol. The van der Waals surface area contributed by atoms with Crippen LogP contribution in [0.25, 0.3) is 10.4 Å². The Labute approximate surface area is 103 Å². The molecular weight excluding hydrogens is 236 g/mol. The van der Waals surface area contributed by atoms with E-state index in [0.29, 0.717) is 4.88 Å². The van der Waals surface area contributed by atoms with Gasteiger partial charge in [0.15, 0.2) is 0 Å². The zero-order valence-electron chi connectivity index (χ0n) is 9.65. The van der Waals surface area contributed by atoms with Crippen molar-refractivity contribution in [2.24, 2.45) is 7.05 Å². The van der Waals surface area contributed by atoms with E-state index < -0.39 is 5.97 Å². The van der Waals surface area contributed by atoms with Gasteiger partial charge in [-0.2, -0.15) is 5.10 Å². The Balaban J connectivity index is 2.25. The topological polar surface area (TPSA) is 55.1 Å². The molecule has 0 fully saturated rings. The van der Waals surface area contributed by atoms with Crippen LogP contribution in [-0.2, 0) is 19.9 Å². The Morgan fingerprint density at radius 1 is 1.53 bits per heavy atom. The first-order valence-corrected chi connectivity index (χ1v) is 6.28. The number of aromatic nitrogens is 2. The van der Waals surface area contributed by atoms with Gasteiger partial charge in [-0.1, -0.05) is 0 Å². The Hall–Kier alpha value is -1.62. The largest absolute Gasteiger partial charge is 0.477 e.